The summed E-state index contributed by atoms with van der Waals surface area (Å²) in [6, 6.07) is 0. The fourth-order valence-corrected chi connectivity index (χ4v) is 3.81. The Labute approximate surface area is 76.7 Å². The van der Waals surface area contributed by atoms with Crippen molar-refractivity contribution in [3.8, 4) is 0 Å². The van der Waals surface area contributed by atoms with Crippen molar-refractivity contribution in [2.75, 3.05) is 0 Å². The number of rotatable bonds is 2. The van der Waals surface area contributed by atoms with Crippen LogP contribution in [0.15, 0.2) is 0 Å². The minimum Gasteiger partial charge on any atom is -0.0654 e. The molecule has 0 saturated heterocycles. The van der Waals surface area contributed by atoms with E-state index in [0.29, 0.717) is 0 Å². The van der Waals surface area contributed by atoms with E-state index in [1.165, 1.54) is 19.3 Å². The summed E-state index contributed by atoms with van der Waals surface area (Å²) in [7, 11) is 0. The van der Waals surface area contributed by atoms with Gasteiger partial charge in [0.1, 0.15) is 0 Å². The van der Waals surface area contributed by atoms with Crippen molar-refractivity contribution in [2.45, 2.75) is 58.8 Å². The summed E-state index contributed by atoms with van der Waals surface area (Å²) in [4.78, 5) is 0. The minimum absolute atomic E-state index is 0.741. The maximum Gasteiger partial charge on any atom is -0.0320 e. The lowest BCUT2D eigenvalue weighted by atomic mass is 9.82. The van der Waals surface area contributed by atoms with Crippen LogP contribution < -0.4 is 0 Å². The van der Waals surface area contributed by atoms with E-state index < -0.39 is 0 Å². The molecule has 0 nitrogen and oxygen atoms in total. The maximum atomic E-state index is 2.52. The smallest absolute Gasteiger partial charge is 0.0320 e. The van der Waals surface area contributed by atoms with Gasteiger partial charge in [-0.15, -0.1) is 0 Å². The van der Waals surface area contributed by atoms with Crippen LogP contribution in [0, 0.1) is 17.3 Å². The lowest BCUT2D eigenvalue weighted by molar-refractivity contribution is 0.279. The van der Waals surface area contributed by atoms with E-state index in [1.807, 2.05) is 0 Å². The molecular formula is C12H22. The second kappa shape index (κ2) is 3.05. The van der Waals surface area contributed by atoms with Gasteiger partial charge in [-0.05, 0) is 36.5 Å². The first-order chi connectivity index (χ1) is 5.73. The first kappa shape index (κ1) is 8.59. The van der Waals surface area contributed by atoms with Crippen molar-refractivity contribution in [3.63, 3.8) is 0 Å². The third kappa shape index (κ3) is 1.41. The summed E-state index contributed by atoms with van der Waals surface area (Å²) in [6.07, 6.45) is 10.6. The van der Waals surface area contributed by atoms with E-state index in [4.69, 9.17) is 0 Å². The highest BCUT2D eigenvalue weighted by atomic mass is 14.5. The van der Waals surface area contributed by atoms with E-state index >= 15 is 0 Å². The fourth-order valence-electron chi connectivity index (χ4n) is 3.81. The first-order valence-corrected chi connectivity index (χ1v) is 5.73. The van der Waals surface area contributed by atoms with Crippen LogP contribution in [0.2, 0.25) is 0 Å². The van der Waals surface area contributed by atoms with Crippen LogP contribution >= 0.6 is 0 Å². The van der Waals surface area contributed by atoms with Gasteiger partial charge in [-0.2, -0.15) is 0 Å². The van der Waals surface area contributed by atoms with Crippen LogP contribution in [-0.2, 0) is 0 Å². The monoisotopic (exact) mass is 166 g/mol. The third-order valence-electron chi connectivity index (χ3n) is 4.18. The minimum atomic E-state index is 0.741. The third-order valence-corrected chi connectivity index (χ3v) is 4.18. The molecule has 2 rings (SSSR count). The van der Waals surface area contributed by atoms with Crippen LogP contribution in [0.5, 0.6) is 0 Å². The lowest BCUT2D eigenvalue weighted by Gasteiger charge is -2.24. The quantitative estimate of drug-likeness (QED) is 0.581. The second-order valence-electron chi connectivity index (χ2n) is 5.42. The molecule has 0 heterocycles. The molecule has 0 N–H and O–H groups in total. The standard InChI is InChI=1S/C12H22/c1-3-7-12(2)8-10-5-4-6-11(10)9-12/h10-11H,3-9H2,1-2H3/t10-,11+,12?. The van der Waals surface area contributed by atoms with E-state index in [2.05, 4.69) is 13.8 Å². The predicted octanol–water partition coefficient (Wildman–Crippen LogP) is 4.00. The van der Waals surface area contributed by atoms with Crippen LogP contribution in [0.4, 0.5) is 0 Å². The molecule has 12 heavy (non-hydrogen) atoms. The zero-order valence-electron chi connectivity index (χ0n) is 8.60. The Bertz CT molecular complexity index is 147. The van der Waals surface area contributed by atoms with E-state index in [9.17, 15) is 0 Å². The Balaban J connectivity index is 1.97. The van der Waals surface area contributed by atoms with Crippen LogP contribution in [0.25, 0.3) is 0 Å². The van der Waals surface area contributed by atoms with Gasteiger partial charge in [0.2, 0.25) is 0 Å². The maximum absolute atomic E-state index is 2.52. The molecule has 0 aliphatic heterocycles. The van der Waals surface area contributed by atoms with Crippen molar-refractivity contribution in [2.24, 2.45) is 17.3 Å². The highest BCUT2D eigenvalue weighted by molar-refractivity contribution is 4.94. The summed E-state index contributed by atoms with van der Waals surface area (Å²) in [5, 5.41) is 0. The predicted molar refractivity (Wildman–Crippen MR) is 53.1 cm³/mol. The normalized spacial score (nSPS) is 46.5. The Morgan fingerprint density at radius 1 is 1.17 bits per heavy atom. The molecule has 2 aliphatic carbocycles. The van der Waals surface area contributed by atoms with Gasteiger partial charge in [0, 0.05) is 0 Å². The van der Waals surface area contributed by atoms with E-state index in [0.717, 1.165) is 17.3 Å². The average Bonchev–Trinajstić information content (AvgIpc) is 2.45. The van der Waals surface area contributed by atoms with Gasteiger partial charge in [0.25, 0.3) is 0 Å². The molecular weight excluding hydrogens is 144 g/mol. The van der Waals surface area contributed by atoms with E-state index in [1.54, 1.807) is 25.7 Å². The summed E-state index contributed by atoms with van der Waals surface area (Å²) in [6.45, 7) is 4.86. The average molecular weight is 166 g/mol. The molecule has 70 valence electrons. The van der Waals surface area contributed by atoms with E-state index in [-0.39, 0.29) is 0 Å². The van der Waals surface area contributed by atoms with Gasteiger partial charge in [-0.25, -0.2) is 0 Å². The van der Waals surface area contributed by atoms with Crippen LogP contribution in [-0.4, -0.2) is 0 Å². The summed E-state index contributed by atoms with van der Waals surface area (Å²) < 4.78 is 0. The van der Waals surface area contributed by atoms with Crippen molar-refractivity contribution in [1.29, 1.82) is 0 Å². The van der Waals surface area contributed by atoms with Gasteiger partial charge in [0.15, 0.2) is 0 Å². The Morgan fingerprint density at radius 3 is 2.25 bits per heavy atom. The fraction of sp³-hybridized carbons (Fsp3) is 1.00. The summed E-state index contributed by atoms with van der Waals surface area (Å²) >= 11 is 0. The van der Waals surface area contributed by atoms with Crippen molar-refractivity contribution in [1.82, 2.24) is 0 Å². The number of hydrogen-bond donors (Lipinski definition) is 0. The molecule has 0 aromatic carbocycles. The summed E-state index contributed by atoms with van der Waals surface area (Å²) in [5.74, 6) is 2.25. The molecule has 0 heteroatoms. The van der Waals surface area contributed by atoms with Gasteiger partial charge in [0.05, 0.1) is 0 Å². The van der Waals surface area contributed by atoms with Gasteiger partial charge >= 0.3 is 0 Å². The largest absolute Gasteiger partial charge is 0.0654 e. The van der Waals surface area contributed by atoms with Crippen molar-refractivity contribution >= 4 is 0 Å². The van der Waals surface area contributed by atoms with Gasteiger partial charge in [-0.3, -0.25) is 0 Å². The molecule has 0 amide bonds. The summed E-state index contributed by atoms with van der Waals surface area (Å²) in [5.41, 5.74) is 0.741. The lowest BCUT2D eigenvalue weighted by Crippen LogP contribution is -2.11. The molecule has 0 aromatic rings. The second-order valence-corrected chi connectivity index (χ2v) is 5.42. The van der Waals surface area contributed by atoms with Crippen molar-refractivity contribution in [3.05, 3.63) is 0 Å². The topological polar surface area (TPSA) is 0 Å². The number of hydrogen-bond acceptors (Lipinski definition) is 0. The van der Waals surface area contributed by atoms with Crippen LogP contribution in [0.1, 0.15) is 58.8 Å². The van der Waals surface area contributed by atoms with Crippen LogP contribution in [0.3, 0.4) is 0 Å². The number of fused-ring (bicyclic) bond motifs is 1. The Morgan fingerprint density at radius 2 is 1.75 bits per heavy atom. The zero-order chi connectivity index (χ0) is 8.60. The highest BCUT2D eigenvalue weighted by Crippen LogP contribution is 2.54. The van der Waals surface area contributed by atoms with Gasteiger partial charge < -0.3 is 0 Å². The molecule has 3 atom stereocenters. The molecule has 0 bridgehead atoms. The Hall–Kier alpha value is 0. The molecule has 1 unspecified atom stereocenters. The SMILES string of the molecule is CCCC1(C)C[C@H]2CCC[C@H]2C1. The molecule has 2 fully saturated rings. The highest BCUT2D eigenvalue weighted by Gasteiger charge is 2.43. The molecule has 0 spiro atoms. The zero-order valence-corrected chi connectivity index (χ0v) is 8.60. The molecule has 2 aliphatic rings. The first-order valence-electron chi connectivity index (χ1n) is 5.73. The molecule has 0 aromatic heterocycles. The molecule has 2 saturated carbocycles. The van der Waals surface area contributed by atoms with Crippen molar-refractivity contribution < 1.29 is 0 Å². The molecule has 0 radical (unpaired) electrons. The van der Waals surface area contributed by atoms with Gasteiger partial charge in [-0.1, -0.05) is 39.5 Å². The Kier molecular flexibility index (Phi) is 2.18.